The van der Waals surface area contributed by atoms with Crippen molar-refractivity contribution in [1.82, 2.24) is 4.98 Å². The monoisotopic (exact) mass is 389 g/mol. The van der Waals surface area contributed by atoms with Crippen LogP contribution >= 0.6 is 0 Å². The van der Waals surface area contributed by atoms with E-state index >= 15 is 0 Å². The van der Waals surface area contributed by atoms with Crippen LogP contribution in [0.5, 0.6) is 0 Å². The molecule has 1 atom stereocenters. The van der Waals surface area contributed by atoms with Crippen LogP contribution in [0, 0.1) is 0 Å². The van der Waals surface area contributed by atoms with E-state index in [1.54, 1.807) is 6.20 Å². The van der Waals surface area contributed by atoms with Crippen molar-refractivity contribution in [2.75, 3.05) is 14.2 Å². The Hall–Kier alpha value is -0.850. The summed E-state index contributed by atoms with van der Waals surface area (Å²) in [5.41, 5.74) is 1.40. The molecule has 0 radical (unpaired) electrons. The second kappa shape index (κ2) is 6.74. The number of anilines is 1. The predicted octanol–water partition coefficient (Wildman–Crippen LogP) is 0.395. The molecular formula is C15H22IN2O2-. The van der Waals surface area contributed by atoms with E-state index in [2.05, 4.69) is 10.3 Å². The Bertz CT molecular complexity index is 465. The third-order valence-electron chi connectivity index (χ3n) is 2.96. The van der Waals surface area contributed by atoms with E-state index in [0.717, 1.165) is 11.4 Å². The molecule has 1 fully saturated rings. The van der Waals surface area contributed by atoms with E-state index in [1.807, 2.05) is 32.9 Å². The van der Waals surface area contributed by atoms with Crippen LogP contribution < -0.4 is 26.5 Å². The van der Waals surface area contributed by atoms with Crippen molar-refractivity contribution >= 4 is 11.8 Å². The normalized spacial score (nSPS) is 19.9. The Morgan fingerprint density at radius 1 is 1.50 bits per heavy atom. The van der Waals surface area contributed by atoms with Crippen LogP contribution in [0.2, 0.25) is 0 Å². The summed E-state index contributed by atoms with van der Waals surface area (Å²) in [5.74, 6) is 0.580. The zero-order chi connectivity index (χ0) is 14.6. The van der Waals surface area contributed by atoms with Crippen molar-refractivity contribution in [2.45, 2.75) is 45.1 Å². The van der Waals surface area contributed by atoms with Gasteiger partial charge in [-0.1, -0.05) is 0 Å². The van der Waals surface area contributed by atoms with Gasteiger partial charge in [0.1, 0.15) is 0 Å². The van der Waals surface area contributed by atoms with Crippen molar-refractivity contribution < 1.29 is 30.7 Å². The van der Waals surface area contributed by atoms with Gasteiger partial charge in [0.2, 0.25) is 0 Å². The molecule has 1 amide bonds. The van der Waals surface area contributed by atoms with Crippen LogP contribution in [-0.2, 0) is 4.74 Å². The average Bonchev–Trinajstić information content (AvgIpc) is 2.38. The molecule has 0 bridgehead atoms. The maximum absolute atomic E-state index is 11.8. The van der Waals surface area contributed by atoms with Crippen LogP contribution in [-0.4, -0.2) is 25.5 Å². The summed E-state index contributed by atoms with van der Waals surface area (Å²) in [7, 11) is 0. The quantitative estimate of drug-likeness (QED) is 0.589. The molecule has 1 aromatic heterocycles. The van der Waals surface area contributed by atoms with Gasteiger partial charge in [0.25, 0.3) is 0 Å². The number of carbonyl (C=O) groups excluding carboxylic acids is 1. The van der Waals surface area contributed by atoms with E-state index in [4.69, 9.17) is 4.74 Å². The molecule has 5 heteroatoms. The van der Waals surface area contributed by atoms with Gasteiger partial charge in [0.15, 0.2) is 0 Å². The number of aromatic nitrogens is 1. The fourth-order valence-corrected chi connectivity index (χ4v) is 5.17. The molecule has 4 nitrogen and oxygen atoms in total. The minimum absolute atomic E-state index is 0.350. The molecule has 0 saturated carbocycles. The van der Waals surface area contributed by atoms with Gasteiger partial charge in [-0.25, -0.2) is 0 Å². The molecule has 1 aromatic rings. The van der Waals surface area contributed by atoms with E-state index in [1.165, 1.54) is 21.7 Å². The second-order valence-electron chi connectivity index (χ2n) is 5.97. The summed E-state index contributed by atoms with van der Waals surface area (Å²) in [5, 5.41) is 2.79. The summed E-state index contributed by atoms with van der Waals surface area (Å²) in [4.78, 5) is 16.2. The van der Waals surface area contributed by atoms with E-state index in [0.29, 0.717) is 27.1 Å². The van der Waals surface area contributed by atoms with E-state index in [-0.39, 0.29) is 0 Å². The minimum atomic E-state index is -0.478. The summed E-state index contributed by atoms with van der Waals surface area (Å²) in [6, 6.07) is 3.80. The number of rotatable bonds is 2. The van der Waals surface area contributed by atoms with Gasteiger partial charge in [0.05, 0.1) is 0 Å². The van der Waals surface area contributed by atoms with Crippen molar-refractivity contribution in [1.29, 1.82) is 0 Å². The molecule has 1 aliphatic heterocycles. The summed E-state index contributed by atoms with van der Waals surface area (Å²) >= 11 is 0.350. The molecule has 1 N–H and O–H groups in total. The van der Waals surface area contributed by atoms with E-state index < -0.39 is 11.7 Å². The predicted molar refractivity (Wildman–Crippen MR) is 75.8 cm³/mol. The Kier molecular flexibility index (Phi) is 5.23. The van der Waals surface area contributed by atoms with Crippen molar-refractivity contribution in [3.63, 3.8) is 0 Å². The molecule has 0 aliphatic carbocycles. The van der Waals surface area contributed by atoms with Crippen LogP contribution in [0.25, 0.3) is 0 Å². The van der Waals surface area contributed by atoms with Gasteiger partial charge in [-0.2, -0.15) is 0 Å². The van der Waals surface area contributed by atoms with Crippen LogP contribution in [0.15, 0.2) is 18.3 Å². The Balaban J connectivity index is 2.00. The molecule has 1 unspecified atom stereocenters. The van der Waals surface area contributed by atoms with Crippen LogP contribution in [0.1, 0.15) is 45.2 Å². The van der Waals surface area contributed by atoms with Crippen molar-refractivity contribution in [2.24, 2.45) is 0 Å². The Labute approximate surface area is 131 Å². The summed E-state index contributed by atoms with van der Waals surface area (Å²) in [6.07, 6.45) is 3.91. The number of pyridine rings is 1. The molecular weight excluding hydrogens is 367 g/mol. The first kappa shape index (κ1) is 15.5. The number of halogens is 1. The van der Waals surface area contributed by atoms with Gasteiger partial charge >= 0.3 is 131 Å². The summed E-state index contributed by atoms with van der Waals surface area (Å²) < 4.78 is 8.01. The molecule has 2 rings (SSSR count). The molecule has 1 saturated heterocycles. The standard InChI is InChI=1S/C15H22IN2O2/c1-15(2,3)20-14(19)18-12-6-8-17-13(9-12)11-5-4-7-16-10-11/h6,8-9,11H,4-5,7,10H2,1-3H3,(H,17,18,19)/q-1. The Morgan fingerprint density at radius 2 is 2.30 bits per heavy atom. The number of ether oxygens (including phenoxy) is 1. The van der Waals surface area contributed by atoms with Crippen molar-refractivity contribution in [3.05, 3.63) is 24.0 Å². The molecule has 2 heterocycles. The van der Waals surface area contributed by atoms with Crippen LogP contribution in [0.4, 0.5) is 10.5 Å². The van der Waals surface area contributed by atoms with E-state index in [9.17, 15) is 4.79 Å². The summed E-state index contributed by atoms with van der Waals surface area (Å²) in [6.45, 7) is 5.57. The first-order valence-electron chi connectivity index (χ1n) is 6.93. The molecule has 0 aromatic carbocycles. The van der Waals surface area contributed by atoms with Gasteiger partial charge in [-0.05, 0) is 0 Å². The fourth-order valence-electron chi connectivity index (χ4n) is 2.10. The number of alkyl halides is 2. The number of hydrogen-bond acceptors (Lipinski definition) is 3. The van der Waals surface area contributed by atoms with Gasteiger partial charge in [0, 0.05) is 0 Å². The SMILES string of the molecule is CC(C)(C)OC(=O)Nc1ccnc(C2CCC[I-]C2)c1. The van der Waals surface area contributed by atoms with Crippen LogP contribution in [0.3, 0.4) is 0 Å². The first-order chi connectivity index (χ1) is 9.44. The third-order valence-corrected chi connectivity index (χ3v) is 6.17. The number of nitrogens with zero attached hydrogens (tertiary/aromatic N) is 1. The maximum atomic E-state index is 11.8. The van der Waals surface area contributed by atoms with Crippen molar-refractivity contribution in [3.8, 4) is 0 Å². The fraction of sp³-hybridized carbons (Fsp3) is 0.600. The number of carbonyl (C=O) groups is 1. The molecule has 0 spiro atoms. The third kappa shape index (κ3) is 4.92. The zero-order valence-corrected chi connectivity index (χ0v) is 14.4. The number of hydrogen-bond donors (Lipinski definition) is 1. The topological polar surface area (TPSA) is 51.2 Å². The molecule has 20 heavy (non-hydrogen) atoms. The molecule has 1 aliphatic rings. The number of amides is 1. The second-order valence-corrected chi connectivity index (χ2v) is 9.01. The number of nitrogens with one attached hydrogen (secondary N) is 1. The molecule has 112 valence electrons. The zero-order valence-electron chi connectivity index (χ0n) is 12.3. The van der Waals surface area contributed by atoms with Gasteiger partial charge in [-0.3, -0.25) is 0 Å². The van der Waals surface area contributed by atoms with Gasteiger partial charge in [-0.15, -0.1) is 0 Å². The first-order valence-corrected chi connectivity index (χ1v) is 9.98. The van der Waals surface area contributed by atoms with Gasteiger partial charge < -0.3 is 0 Å². The average molecular weight is 389 g/mol. The Morgan fingerprint density at radius 3 is 2.95 bits per heavy atom.